The van der Waals surface area contributed by atoms with Gasteiger partial charge in [0.2, 0.25) is 6.29 Å². The summed E-state index contributed by atoms with van der Waals surface area (Å²) in [7, 11) is -1.88. The van der Waals surface area contributed by atoms with Gasteiger partial charge in [-0.3, -0.25) is 13.8 Å². The van der Waals surface area contributed by atoms with E-state index in [2.05, 4.69) is 0 Å². The van der Waals surface area contributed by atoms with Crippen LogP contribution in [-0.2, 0) is 44.1 Å². The van der Waals surface area contributed by atoms with Crippen molar-refractivity contribution in [2.24, 2.45) is 5.92 Å². The molecule has 6 atom stereocenters. The van der Waals surface area contributed by atoms with E-state index in [9.17, 15) is 18.6 Å². The fraction of sp³-hybridized carbons (Fsp3) is 0.560. The van der Waals surface area contributed by atoms with Gasteiger partial charge < -0.3 is 23.8 Å². The van der Waals surface area contributed by atoms with E-state index in [0.717, 1.165) is 16.2 Å². The molecule has 11 heteroatoms. The summed E-state index contributed by atoms with van der Waals surface area (Å²) >= 11 is 1.36. The summed E-state index contributed by atoms with van der Waals surface area (Å²) in [6.07, 6.45) is -0.643. The normalized spacial score (nSPS) is 29.6. The standard InChI is InChI=1S/C25H31NO8S2/c1-6-31-21(28)20-19-22(32-7-2)34-24(29)25(19,36(30)17-10-8-14(3)9-11-17)23-26(20)15(4)18(35-23)12-13-33-16(5)27/h8-11,19-20,22-23H,6-7,12-13H2,1-5H3/t19-,20-,22+,23+,25-,36+/m1/s1. The van der Waals surface area contributed by atoms with Crippen molar-refractivity contribution in [3.8, 4) is 0 Å². The van der Waals surface area contributed by atoms with E-state index in [1.165, 1.54) is 18.7 Å². The van der Waals surface area contributed by atoms with Crippen LogP contribution in [0.2, 0.25) is 0 Å². The number of fused-ring (bicyclic) bond motifs is 3. The van der Waals surface area contributed by atoms with Crippen molar-refractivity contribution in [1.29, 1.82) is 0 Å². The minimum atomic E-state index is -1.88. The molecule has 1 aromatic carbocycles. The Hall–Kier alpha value is -2.37. The van der Waals surface area contributed by atoms with Crippen LogP contribution in [0.5, 0.6) is 0 Å². The summed E-state index contributed by atoms with van der Waals surface area (Å²) in [6, 6.07) is 6.21. The molecule has 196 valence electrons. The Balaban J connectivity index is 1.85. The Morgan fingerprint density at radius 1 is 1.14 bits per heavy atom. The van der Waals surface area contributed by atoms with Crippen molar-refractivity contribution in [2.45, 2.75) is 68.4 Å². The van der Waals surface area contributed by atoms with E-state index in [1.54, 1.807) is 26.0 Å². The molecule has 9 nitrogen and oxygen atoms in total. The zero-order valence-electron chi connectivity index (χ0n) is 21.0. The first kappa shape index (κ1) is 26.7. The van der Waals surface area contributed by atoms with Crippen LogP contribution in [0.4, 0.5) is 0 Å². The molecule has 0 saturated carbocycles. The fourth-order valence-electron chi connectivity index (χ4n) is 5.14. The number of cyclic esters (lactones) is 1. The Labute approximate surface area is 217 Å². The van der Waals surface area contributed by atoms with Crippen molar-refractivity contribution < 1.29 is 37.5 Å². The van der Waals surface area contributed by atoms with Gasteiger partial charge in [0.15, 0.2) is 4.75 Å². The lowest BCUT2D eigenvalue weighted by molar-refractivity contribution is -0.175. The monoisotopic (exact) mass is 537 g/mol. The van der Waals surface area contributed by atoms with E-state index in [0.29, 0.717) is 11.3 Å². The maximum atomic E-state index is 14.4. The summed E-state index contributed by atoms with van der Waals surface area (Å²) in [5.41, 5.74) is 1.75. The molecule has 0 unspecified atom stereocenters. The molecule has 0 N–H and O–H groups in total. The van der Waals surface area contributed by atoms with Gasteiger partial charge >= 0.3 is 17.9 Å². The number of nitrogens with zero attached hydrogens (tertiary/aromatic N) is 1. The lowest BCUT2D eigenvalue weighted by Gasteiger charge is -2.30. The van der Waals surface area contributed by atoms with Crippen molar-refractivity contribution in [3.05, 3.63) is 40.4 Å². The number of allylic oxidation sites excluding steroid dienone is 1. The average molecular weight is 538 g/mol. The van der Waals surface area contributed by atoms with Gasteiger partial charge in [0.25, 0.3) is 0 Å². The van der Waals surface area contributed by atoms with Gasteiger partial charge in [-0.1, -0.05) is 17.7 Å². The maximum absolute atomic E-state index is 14.4. The third kappa shape index (κ3) is 4.24. The topological polar surface area (TPSA) is 108 Å². The number of hydrogen-bond donors (Lipinski definition) is 0. The number of benzene rings is 1. The number of carbonyl (C=O) groups excluding carboxylic acids is 3. The molecular formula is C25H31NO8S2. The molecule has 36 heavy (non-hydrogen) atoms. The third-order valence-electron chi connectivity index (χ3n) is 6.67. The molecule has 0 bridgehead atoms. The van der Waals surface area contributed by atoms with Crippen LogP contribution in [0.25, 0.3) is 0 Å². The first-order chi connectivity index (χ1) is 17.2. The van der Waals surface area contributed by atoms with E-state index >= 15 is 0 Å². The van der Waals surface area contributed by atoms with Crippen molar-refractivity contribution in [1.82, 2.24) is 4.90 Å². The number of ether oxygens (including phenoxy) is 4. The molecular weight excluding hydrogens is 506 g/mol. The Morgan fingerprint density at radius 3 is 2.44 bits per heavy atom. The predicted octanol–water partition coefficient (Wildman–Crippen LogP) is 2.88. The first-order valence-electron chi connectivity index (χ1n) is 11.9. The summed E-state index contributed by atoms with van der Waals surface area (Å²) in [5, 5.41) is -0.690. The van der Waals surface area contributed by atoms with Gasteiger partial charge in [-0.05, 0) is 39.8 Å². The van der Waals surface area contributed by atoms with Gasteiger partial charge in [-0.2, -0.15) is 0 Å². The van der Waals surface area contributed by atoms with E-state index in [1.807, 2.05) is 30.9 Å². The van der Waals surface area contributed by atoms with Gasteiger partial charge in [0.05, 0.1) is 29.9 Å². The van der Waals surface area contributed by atoms with Crippen molar-refractivity contribution in [3.63, 3.8) is 0 Å². The molecule has 2 saturated heterocycles. The van der Waals surface area contributed by atoms with Crippen LogP contribution in [0, 0.1) is 12.8 Å². The van der Waals surface area contributed by atoms with Crippen molar-refractivity contribution in [2.75, 3.05) is 19.8 Å². The molecule has 0 aliphatic carbocycles. The van der Waals surface area contributed by atoms with Crippen LogP contribution in [0.1, 0.15) is 39.7 Å². The van der Waals surface area contributed by atoms with Crippen LogP contribution >= 0.6 is 11.8 Å². The van der Waals surface area contributed by atoms with Crippen LogP contribution in [0.15, 0.2) is 39.8 Å². The SMILES string of the molecule is CCOC(=O)[C@H]1[C@@H]2[C@@H](OCC)OC(=O)[C@]2([S@@](=O)c2ccc(C)cc2)[C@@H]2SC(CCOC(C)=O)=C(C)N21. The zero-order chi connectivity index (χ0) is 26.2. The number of esters is 3. The third-order valence-corrected chi connectivity index (χ3v) is 10.4. The Bertz CT molecular complexity index is 1100. The Morgan fingerprint density at radius 2 is 1.83 bits per heavy atom. The summed E-state index contributed by atoms with van der Waals surface area (Å²) < 4.78 is 34.9. The van der Waals surface area contributed by atoms with E-state index in [-0.39, 0.29) is 19.8 Å². The lowest BCUT2D eigenvalue weighted by Crippen LogP contribution is -2.52. The second-order valence-corrected chi connectivity index (χ2v) is 11.7. The van der Waals surface area contributed by atoms with Gasteiger partial charge in [0.1, 0.15) is 11.4 Å². The number of thioether (sulfide) groups is 1. The zero-order valence-corrected chi connectivity index (χ0v) is 22.6. The van der Waals surface area contributed by atoms with Crippen LogP contribution < -0.4 is 0 Å². The lowest BCUT2D eigenvalue weighted by atomic mass is 9.91. The first-order valence-corrected chi connectivity index (χ1v) is 14.0. The molecule has 3 aliphatic rings. The number of carbonyl (C=O) groups is 3. The Kier molecular flexibility index (Phi) is 7.82. The summed E-state index contributed by atoms with van der Waals surface area (Å²) in [5.74, 6) is -2.43. The molecule has 4 rings (SSSR count). The highest BCUT2D eigenvalue weighted by molar-refractivity contribution is 8.05. The summed E-state index contributed by atoms with van der Waals surface area (Å²) in [6.45, 7) is 9.15. The van der Waals surface area contributed by atoms with Gasteiger partial charge in [-0.25, -0.2) is 4.79 Å². The second-order valence-electron chi connectivity index (χ2n) is 8.80. The summed E-state index contributed by atoms with van der Waals surface area (Å²) in [4.78, 5) is 41.6. The average Bonchev–Trinajstić information content (AvgIpc) is 3.41. The van der Waals surface area contributed by atoms with Crippen LogP contribution in [0.3, 0.4) is 0 Å². The van der Waals surface area contributed by atoms with Gasteiger partial charge in [0, 0.05) is 35.4 Å². The largest absolute Gasteiger partial charge is 0.466 e. The molecule has 0 amide bonds. The fourth-order valence-corrected chi connectivity index (χ4v) is 8.88. The van der Waals surface area contributed by atoms with Crippen LogP contribution in [-0.4, -0.2) is 69.3 Å². The number of rotatable bonds is 9. The highest BCUT2D eigenvalue weighted by Gasteiger charge is 2.78. The molecule has 0 aromatic heterocycles. The predicted molar refractivity (Wildman–Crippen MR) is 133 cm³/mol. The highest BCUT2D eigenvalue weighted by atomic mass is 32.2. The smallest absolute Gasteiger partial charge is 0.331 e. The molecule has 0 spiro atoms. The number of aryl methyl sites for hydroxylation is 1. The minimum absolute atomic E-state index is 0.151. The molecule has 0 radical (unpaired) electrons. The second kappa shape index (κ2) is 10.5. The highest BCUT2D eigenvalue weighted by Crippen LogP contribution is 2.61. The molecule has 3 heterocycles. The molecule has 1 aromatic rings. The molecule has 2 fully saturated rings. The number of hydrogen-bond acceptors (Lipinski definition) is 10. The van der Waals surface area contributed by atoms with Crippen molar-refractivity contribution >= 4 is 40.5 Å². The minimum Gasteiger partial charge on any atom is -0.466 e. The quantitative estimate of drug-likeness (QED) is 0.345. The van der Waals surface area contributed by atoms with Gasteiger partial charge in [-0.15, -0.1) is 11.8 Å². The van der Waals surface area contributed by atoms with E-state index < -0.39 is 57.1 Å². The molecule has 3 aliphatic heterocycles. The maximum Gasteiger partial charge on any atom is 0.331 e. The van der Waals surface area contributed by atoms with E-state index in [4.69, 9.17) is 18.9 Å².